The molecule has 1 saturated heterocycles. The number of carboxylic acids is 1. The van der Waals surface area contributed by atoms with E-state index >= 15 is 0 Å². The quantitative estimate of drug-likeness (QED) is 0.145. The van der Waals surface area contributed by atoms with Gasteiger partial charge in [0.1, 0.15) is 17.6 Å². The molecule has 9 nitrogen and oxygen atoms in total. The Kier molecular flexibility index (Phi) is 8.81. The molecule has 12 atom stereocenters. The summed E-state index contributed by atoms with van der Waals surface area (Å²) in [4.78, 5) is 26.6. The van der Waals surface area contributed by atoms with Crippen LogP contribution in [0, 0.1) is 45.8 Å². The topological polar surface area (TPSA) is 132 Å². The first kappa shape index (κ1) is 32.4. The van der Waals surface area contributed by atoms with Gasteiger partial charge in [0, 0.05) is 23.5 Å². The molecule has 4 aliphatic carbocycles. The number of carbonyl (C=O) groups excluding carboxylic acids is 1. The van der Waals surface area contributed by atoms with E-state index in [4.69, 9.17) is 18.9 Å². The second-order valence-electron chi connectivity index (χ2n) is 14.1. The maximum atomic E-state index is 13.7. The normalized spacial score (nSPS) is 45.5. The molecule has 4 fully saturated rings. The number of fused-ring (bicyclic) bond motifs is 2. The summed E-state index contributed by atoms with van der Waals surface area (Å²) in [6.45, 7) is 11.4. The molecular weight excluding hydrogens is 552 g/mol. The lowest BCUT2D eigenvalue weighted by Crippen LogP contribution is -2.65. The van der Waals surface area contributed by atoms with Crippen molar-refractivity contribution in [1.82, 2.24) is 0 Å². The van der Waals surface area contributed by atoms with Gasteiger partial charge in [0.25, 0.3) is 0 Å². The average Bonchev–Trinajstić information content (AvgIpc) is 3.54. The minimum absolute atomic E-state index is 0.0104. The SMILES string of the molecule is C/C=C/C=C(/C)C(=O)O[C@H]1[C@H](O)[C@H](OCC23C[C@@H]4[C@H](C)CC[C@H]4C4(CO)CC2C=C(C(C)C)C34C(=O)O)O[C@H](C)[C@H]1OC. The number of aliphatic hydroxyl groups excluding tert-OH is 2. The first-order valence-corrected chi connectivity index (χ1v) is 15.9. The number of allylic oxidation sites excluding steroid dienone is 4. The number of methoxy groups -OCH3 is 1. The van der Waals surface area contributed by atoms with Gasteiger partial charge in [-0.2, -0.15) is 0 Å². The molecule has 3 N–H and O–H groups in total. The van der Waals surface area contributed by atoms with E-state index in [1.165, 1.54) is 7.11 Å². The monoisotopic (exact) mass is 602 g/mol. The van der Waals surface area contributed by atoms with E-state index < -0.39 is 58.9 Å². The number of hydrogen-bond donors (Lipinski definition) is 3. The second-order valence-corrected chi connectivity index (χ2v) is 14.1. The lowest BCUT2D eigenvalue weighted by atomic mass is 9.42. The number of aliphatic hydroxyl groups is 2. The van der Waals surface area contributed by atoms with Gasteiger partial charge >= 0.3 is 11.9 Å². The molecule has 9 heteroatoms. The van der Waals surface area contributed by atoms with Crippen molar-refractivity contribution in [3.05, 3.63) is 35.5 Å². The number of carbonyl (C=O) groups is 2. The van der Waals surface area contributed by atoms with Gasteiger partial charge in [0.2, 0.25) is 0 Å². The Balaban J connectivity index is 1.48. The minimum Gasteiger partial charge on any atom is -0.481 e. The Morgan fingerprint density at radius 1 is 1.16 bits per heavy atom. The maximum Gasteiger partial charge on any atom is 0.334 e. The maximum absolute atomic E-state index is 13.7. The third-order valence-electron chi connectivity index (χ3n) is 11.9. The van der Waals surface area contributed by atoms with E-state index in [9.17, 15) is 24.9 Å². The summed E-state index contributed by atoms with van der Waals surface area (Å²) in [5, 5.41) is 33.9. The average molecular weight is 603 g/mol. The van der Waals surface area contributed by atoms with Gasteiger partial charge in [-0.05, 0) is 69.6 Å². The Labute approximate surface area is 255 Å². The standard InChI is InChI=1S/C34H50O9/c1-8-9-10-20(5)29(37)43-28-26(36)30(42-21(6)27(28)40-7)41-17-33-15-23-19(4)11-12-24(23)32(16-35)14-22(33)13-25(18(2)3)34(32,33)31(38)39/h8-10,13,18-19,21-24,26-28,30,35-36H,11-12,14-17H2,1-7H3,(H,38,39)/b9-8+,20-10-/t19-,21-,22?,23-,24-,26+,27-,28+,30-,32?,33?,34?/m1/s1. The molecule has 0 radical (unpaired) electrons. The first-order chi connectivity index (χ1) is 20.4. The molecule has 0 aromatic rings. The van der Waals surface area contributed by atoms with Crippen molar-refractivity contribution in [2.75, 3.05) is 20.3 Å². The van der Waals surface area contributed by atoms with E-state index in [1.54, 1.807) is 32.1 Å². The molecule has 5 rings (SSSR count). The predicted molar refractivity (Wildman–Crippen MR) is 159 cm³/mol. The van der Waals surface area contributed by atoms with Crippen molar-refractivity contribution in [2.45, 2.75) is 97.9 Å². The highest BCUT2D eigenvalue weighted by molar-refractivity contribution is 5.88. The van der Waals surface area contributed by atoms with Gasteiger partial charge < -0.3 is 34.3 Å². The van der Waals surface area contributed by atoms with Gasteiger partial charge in [0.15, 0.2) is 12.4 Å². The van der Waals surface area contributed by atoms with Crippen molar-refractivity contribution in [3.63, 3.8) is 0 Å². The van der Waals surface area contributed by atoms with Crippen molar-refractivity contribution in [2.24, 2.45) is 45.8 Å². The molecule has 3 saturated carbocycles. The van der Waals surface area contributed by atoms with E-state index in [-0.39, 0.29) is 36.9 Å². The number of hydrogen-bond acceptors (Lipinski definition) is 8. The molecule has 43 heavy (non-hydrogen) atoms. The summed E-state index contributed by atoms with van der Waals surface area (Å²) < 4.78 is 24.0. The highest BCUT2D eigenvalue weighted by Crippen LogP contribution is 2.83. The van der Waals surface area contributed by atoms with Gasteiger partial charge in [-0.25, -0.2) is 4.79 Å². The fourth-order valence-corrected chi connectivity index (χ4v) is 10.2. The molecule has 4 bridgehead atoms. The largest absolute Gasteiger partial charge is 0.481 e. The molecule has 0 aromatic carbocycles. The van der Waals surface area contributed by atoms with Crippen LogP contribution in [0.4, 0.5) is 0 Å². The van der Waals surface area contributed by atoms with Crippen molar-refractivity contribution >= 4 is 11.9 Å². The van der Waals surface area contributed by atoms with Crippen LogP contribution in [0.3, 0.4) is 0 Å². The number of ether oxygens (including phenoxy) is 4. The summed E-state index contributed by atoms with van der Waals surface area (Å²) in [6, 6.07) is 0. The number of aliphatic carboxylic acids is 1. The molecule has 1 aliphatic heterocycles. The highest BCUT2D eigenvalue weighted by Gasteiger charge is 2.84. The lowest BCUT2D eigenvalue weighted by Gasteiger charge is -2.60. The fourth-order valence-electron chi connectivity index (χ4n) is 10.2. The van der Waals surface area contributed by atoms with Crippen LogP contribution < -0.4 is 0 Å². The van der Waals surface area contributed by atoms with Gasteiger partial charge in [0.05, 0.1) is 19.3 Å². The molecule has 1 heterocycles. The zero-order valence-electron chi connectivity index (χ0n) is 26.6. The van der Waals surface area contributed by atoms with E-state index in [0.29, 0.717) is 24.3 Å². The third-order valence-corrected chi connectivity index (χ3v) is 11.9. The minimum atomic E-state index is -1.36. The summed E-state index contributed by atoms with van der Waals surface area (Å²) in [5.41, 5.74) is -1.59. The van der Waals surface area contributed by atoms with Crippen LogP contribution in [0.1, 0.15) is 67.2 Å². The van der Waals surface area contributed by atoms with E-state index in [1.807, 2.05) is 20.8 Å². The van der Waals surface area contributed by atoms with Gasteiger partial charge in [-0.1, -0.05) is 57.1 Å². The summed E-state index contributed by atoms with van der Waals surface area (Å²) in [5.74, 6) is -0.734. The van der Waals surface area contributed by atoms with Crippen molar-refractivity contribution < 1.29 is 43.9 Å². The number of carboxylic acid groups (broad SMARTS) is 1. The van der Waals surface area contributed by atoms with Crippen LogP contribution >= 0.6 is 0 Å². The zero-order valence-corrected chi connectivity index (χ0v) is 26.6. The molecule has 240 valence electrons. The van der Waals surface area contributed by atoms with Crippen LogP contribution in [0.15, 0.2) is 35.5 Å². The third kappa shape index (κ3) is 4.43. The number of esters is 1. The molecule has 0 spiro atoms. The predicted octanol–water partition coefficient (Wildman–Crippen LogP) is 4.28. The van der Waals surface area contributed by atoms with Gasteiger partial charge in [-0.3, -0.25) is 4.79 Å². The van der Waals surface area contributed by atoms with Crippen LogP contribution in [0.25, 0.3) is 0 Å². The zero-order chi connectivity index (χ0) is 31.5. The Hall–Kier alpha value is -2.04. The van der Waals surface area contributed by atoms with Crippen LogP contribution in [-0.2, 0) is 28.5 Å². The second kappa shape index (κ2) is 11.7. The Morgan fingerprint density at radius 2 is 1.88 bits per heavy atom. The van der Waals surface area contributed by atoms with Crippen molar-refractivity contribution in [3.8, 4) is 0 Å². The van der Waals surface area contributed by atoms with Crippen LogP contribution in [-0.4, -0.2) is 78.3 Å². The van der Waals surface area contributed by atoms with Crippen molar-refractivity contribution in [1.29, 1.82) is 0 Å². The molecule has 5 aliphatic rings. The van der Waals surface area contributed by atoms with E-state index in [0.717, 1.165) is 18.4 Å². The summed E-state index contributed by atoms with van der Waals surface area (Å²) in [7, 11) is 1.47. The Morgan fingerprint density at radius 3 is 2.49 bits per heavy atom. The molecule has 0 aromatic heterocycles. The smallest absolute Gasteiger partial charge is 0.334 e. The van der Waals surface area contributed by atoms with Crippen LogP contribution in [0.5, 0.6) is 0 Å². The summed E-state index contributed by atoms with van der Waals surface area (Å²) in [6.07, 6.45) is 5.67. The Bertz CT molecular complexity index is 1190. The fraction of sp³-hybridized carbons (Fsp3) is 0.765. The molecule has 4 unspecified atom stereocenters. The number of rotatable bonds is 10. The van der Waals surface area contributed by atoms with Gasteiger partial charge in [-0.15, -0.1) is 0 Å². The highest BCUT2D eigenvalue weighted by atomic mass is 16.7. The summed E-state index contributed by atoms with van der Waals surface area (Å²) >= 11 is 0. The first-order valence-electron chi connectivity index (χ1n) is 15.9. The van der Waals surface area contributed by atoms with Crippen LogP contribution in [0.2, 0.25) is 0 Å². The van der Waals surface area contributed by atoms with E-state index in [2.05, 4.69) is 13.0 Å². The molecule has 0 amide bonds. The lowest BCUT2D eigenvalue weighted by molar-refractivity contribution is -0.309. The molecular formula is C34H50O9.